The molecule has 0 radical (unpaired) electrons. The van der Waals surface area contributed by atoms with E-state index in [9.17, 15) is 4.79 Å². The van der Waals surface area contributed by atoms with Crippen LogP contribution in [0.4, 0.5) is 0 Å². The monoisotopic (exact) mass is 374 g/mol. The molecular formula is C16H24BrClN2O. The molecule has 1 aliphatic rings. The summed E-state index contributed by atoms with van der Waals surface area (Å²) in [6, 6.07) is 8.29. The molecule has 21 heavy (non-hydrogen) atoms. The summed E-state index contributed by atoms with van der Waals surface area (Å²) in [6.45, 7) is 7.57. The molecule has 2 N–H and O–H groups in total. The number of rotatable bonds is 3. The second kappa shape index (κ2) is 7.12. The number of hydrogen-bond acceptors (Lipinski definition) is 2. The van der Waals surface area contributed by atoms with Crippen molar-refractivity contribution >= 4 is 34.2 Å². The summed E-state index contributed by atoms with van der Waals surface area (Å²) in [5, 5.41) is 0. The van der Waals surface area contributed by atoms with Crippen LogP contribution in [0.1, 0.15) is 32.8 Å². The lowest BCUT2D eigenvalue weighted by Crippen LogP contribution is -2.45. The van der Waals surface area contributed by atoms with E-state index >= 15 is 0 Å². The second-order valence-electron chi connectivity index (χ2n) is 6.28. The Bertz CT molecular complexity index is 490. The minimum Gasteiger partial charge on any atom is -0.339 e. The van der Waals surface area contributed by atoms with Crippen molar-refractivity contribution < 1.29 is 4.79 Å². The second-order valence-corrected chi connectivity index (χ2v) is 7.19. The summed E-state index contributed by atoms with van der Waals surface area (Å²) >= 11 is 3.43. The Kier molecular flexibility index (Phi) is 6.26. The SMILES string of the molecule is CC1CC(CN)CN1C(=O)C(C)(C)c1ccc(Br)cc1.Cl. The highest BCUT2D eigenvalue weighted by Gasteiger charge is 2.39. The van der Waals surface area contributed by atoms with E-state index in [2.05, 4.69) is 22.9 Å². The van der Waals surface area contributed by atoms with Crippen molar-refractivity contribution in [3.63, 3.8) is 0 Å². The van der Waals surface area contributed by atoms with Gasteiger partial charge in [-0.25, -0.2) is 0 Å². The number of carbonyl (C=O) groups is 1. The zero-order chi connectivity index (χ0) is 14.9. The van der Waals surface area contributed by atoms with Crippen molar-refractivity contribution in [1.29, 1.82) is 0 Å². The van der Waals surface area contributed by atoms with Gasteiger partial charge in [-0.3, -0.25) is 4.79 Å². The molecule has 1 aromatic carbocycles. The van der Waals surface area contributed by atoms with Crippen LogP contribution in [0.15, 0.2) is 28.7 Å². The van der Waals surface area contributed by atoms with Crippen LogP contribution < -0.4 is 5.73 Å². The number of carbonyl (C=O) groups excluding carboxylic acids is 1. The first-order valence-corrected chi connectivity index (χ1v) is 7.92. The maximum absolute atomic E-state index is 12.9. The molecule has 2 unspecified atom stereocenters. The Hall–Kier alpha value is -0.580. The molecule has 1 aromatic rings. The van der Waals surface area contributed by atoms with Crippen molar-refractivity contribution in [2.75, 3.05) is 13.1 Å². The molecule has 0 spiro atoms. The van der Waals surface area contributed by atoms with Crippen LogP contribution in [0.25, 0.3) is 0 Å². The third-order valence-corrected chi connectivity index (χ3v) is 4.88. The summed E-state index contributed by atoms with van der Waals surface area (Å²) in [4.78, 5) is 14.9. The number of benzene rings is 1. The van der Waals surface area contributed by atoms with E-state index in [0.717, 1.165) is 23.0 Å². The lowest BCUT2D eigenvalue weighted by Gasteiger charge is -2.32. The van der Waals surface area contributed by atoms with Crippen LogP contribution in [0.2, 0.25) is 0 Å². The van der Waals surface area contributed by atoms with Crippen molar-refractivity contribution in [3.8, 4) is 0 Å². The summed E-state index contributed by atoms with van der Waals surface area (Å²) in [6.07, 6.45) is 1.01. The minimum absolute atomic E-state index is 0. The van der Waals surface area contributed by atoms with E-state index in [1.54, 1.807) is 0 Å². The number of nitrogens with two attached hydrogens (primary N) is 1. The Balaban J connectivity index is 0.00000220. The molecule has 2 atom stereocenters. The van der Waals surface area contributed by atoms with Gasteiger partial charge in [-0.15, -0.1) is 12.4 Å². The minimum atomic E-state index is -0.502. The molecule has 0 saturated carbocycles. The van der Waals surface area contributed by atoms with Gasteiger partial charge in [0.05, 0.1) is 5.41 Å². The number of hydrogen-bond donors (Lipinski definition) is 1. The Morgan fingerprint density at radius 2 is 1.95 bits per heavy atom. The third-order valence-electron chi connectivity index (χ3n) is 4.36. The summed E-state index contributed by atoms with van der Waals surface area (Å²) < 4.78 is 1.03. The first-order valence-electron chi connectivity index (χ1n) is 7.13. The first kappa shape index (κ1) is 18.5. The molecule has 118 valence electrons. The normalized spacial score (nSPS) is 22.0. The lowest BCUT2D eigenvalue weighted by molar-refractivity contribution is -0.136. The number of likely N-dealkylation sites (tertiary alicyclic amines) is 1. The summed E-state index contributed by atoms with van der Waals surface area (Å²) in [5.41, 5.74) is 6.30. The Labute approximate surface area is 141 Å². The molecule has 1 fully saturated rings. The number of amides is 1. The van der Waals surface area contributed by atoms with Gasteiger partial charge >= 0.3 is 0 Å². The van der Waals surface area contributed by atoms with Crippen LogP contribution in [-0.2, 0) is 10.2 Å². The van der Waals surface area contributed by atoms with Crippen LogP contribution in [0.3, 0.4) is 0 Å². The number of halogens is 2. The fraction of sp³-hybridized carbons (Fsp3) is 0.562. The predicted molar refractivity (Wildman–Crippen MR) is 92.8 cm³/mol. The van der Waals surface area contributed by atoms with Gasteiger partial charge in [0.1, 0.15) is 0 Å². The average Bonchev–Trinajstić information content (AvgIpc) is 2.79. The van der Waals surface area contributed by atoms with E-state index in [1.165, 1.54) is 0 Å². The highest BCUT2D eigenvalue weighted by molar-refractivity contribution is 9.10. The lowest BCUT2D eigenvalue weighted by atomic mass is 9.83. The van der Waals surface area contributed by atoms with Crippen molar-refractivity contribution in [1.82, 2.24) is 4.90 Å². The zero-order valence-corrected chi connectivity index (χ0v) is 15.2. The van der Waals surface area contributed by atoms with Gasteiger partial charge in [-0.1, -0.05) is 28.1 Å². The van der Waals surface area contributed by atoms with Gasteiger partial charge in [0, 0.05) is 17.1 Å². The van der Waals surface area contributed by atoms with Crippen LogP contribution >= 0.6 is 28.3 Å². The maximum atomic E-state index is 12.9. The van der Waals surface area contributed by atoms with Crippen molar-refractivity contribution in [3.05, 3.63) is 34.3 Å². The molecule has 3 nitrogen and oxygen atoms in total. The van der Waals surface area contributed by atoms with Gasteiger partial charge in [0.2, 0.25) is 5.91 Å². The quantitative estimate of drug-likeness (QED) is 0.880. The van der Waals surface area contributed by atoms with Gasteiger partial charge < -0.3 is 10.6 Å². The topological polar surface area (TPSA) is 46.3 Å². The molecule has 1 aliphatic heterocycles. The molecule has 0 aliphatic carbocycles. The molecule has 1 amide bonds. The van der Waals surface area contributed by atoms with E-state index < -0.39 is 5.41 Å². The highest BCUT2D eigenvalue weighted by Crippen LogP contribution is 2.31. The van der Waals surface area contributed by atoms with E-state index in [0.29, 0.717) is 12.5 Å². The van der Waals surface area contributed by atoms with E-state index in [4.69, 9.17) is 5.73 Å². The predicted octanol–water partition coefficient (Wildman–Crippen LogP) is 3.34. The fourth-order valence-corrected chi connectivity index (χ4v) is 3.21. The largest absolute Gasteiger partial charge is 0.339 e. The maximum Gasteiger partial charge on any atom is 0.232 e. The highest BCUT2D eigenvalue weighted by atomic mass is 79.9. The molecule has 5 heteroatoms. The van der Waals surface area contributed by atoms with E-state index in [1.807, 2.05) is 43.0 Å². The Morgan fingerprint density at radius 1 is 1.38 bits per heavy atom. The van der Waals surface area contributed by atoms with Crippen LogP contribution in [0.5, 0.6) is 0 Å². The standard InChI is InChI=1S/C16H23BrN2O.ClH/c1-11-8-12(9-18)10-19(11)15(20)16(2,3)13-4-6-14(17)7-5-13;/h4-7,11-12H,8-10,18H2,1-3H3;1H. The fourth-order valence-electron chi connectivity index (χ4n) is 2.95. The van der Waals surface area contributed by atoms with E-state index in [-0.39, 0.29) is 24.4 Å². The molecule has 0 bridgehead atoms. The smallest absolute Gasteiger partial charge is 0.232 e. The van der Waals surface area contributed by atoms with Gasteiger partial charge in [-0.05, 0) is 57.4 Å². The molecule has 0 aromatic heterocycles. The summed E-state index contributed by atoms with van der Waals surface area (Å²) in [7, 11) is 0. The third kappa shape index (κ3) is 3.79. The molecular weight excluding hydrogens is 352 g/mol. The van der Waals surface area contributed by atoms with Crippen molar-refractivity contribution in [2.24, 2.45) is 11.7 Å². The van der Waals surface area contributed by atoms with Gasteiger partial charge in [0.15, 0.2) is 0 Å². The Morgan fingerprint density at radius 3 is 2.43 bits per heavy atom. The average molecular weight is 376 g/mol. The van der Waals surface area contributed by atoms with Crippen LogP contribution in [-0.4, -0.2) is 29.9 Å². The first-order chi connectivity index (χ1) is 9.36. The molecule has 1 heterocycles. The number of nitrogens with zero attached hydrogens (tertiary/aromatic N) is 1. The zero-order valence-electron chi connectivity index (χ0n) is 12.8. The molecule has 2 rings (SSSR count). The van der Waals surface area contributed by atoms with Crippen LogP contribution in [0, 0.1) is 5.92 Å². The van der Waals surface area contributed by atoms with Gasteiger partial charge in [-0.2, -0.15) is 0 Å². The molecule has 1 saturated heterocycles. The van der Waals surface area contributed by atoms with Gasteiger partial charge in [0.25, 0.3) is 0 Å². The van der Waals surface area contributed by atoms with Crippen molar-refractivity contribution in [2.45, 2.75) is 38.6 Å². The summed E-state index contributed by atoms with van der Waals surface area (Å²) in [5.74, 6) is 0.637.